The number of rotatable bonds is 2. The average Bonchev–Trinajstić information content (AvgIpc) is 2.41. The summed E-state index contributed by atoms with van der Waals surface area (Å²) in [6, 6.07) is 3.35. The lowest BCUT2D eigenvalue weighted by Gasteiger charge is -2.38. The van der Waals surface area contributed by atoms with Crippen LogP contribution in [0.2, 0.25) is 0 Å². The number of nitrogens with zero attached hydrogens (tertiary/aromatic N) is 2. The second-order valence-corrected chi connectivity index (χ2v) is 6.69. The van der Waals surface area contributed by atoms with Gasteiger partial charge in [-0.1, -0.05) is 19.0 Å². The van der Waals surface area contributed by atoms with E-state index in [-0.39, 0.29) is 16.1 Å². The lowest BCUT2D eigenvalue weighted by atomic mass is 9.82. The molecule has 0 bridgehead atoms. The molecule has 0 aromatic heterocycles. The van der Waals surface area contributed by atoms with Crippen molar-refractivity contribution in [2.24, 2.45) is 16.3 Å². The summed E-state index contributed by atoms with van der Waals surface area (Å²) >= 11 is 3.19. The molecule has 110 valence electrons. The van der Waals surface area contributed by atoms with Crippen molar-refractivity contribution in [3.8, 4) is 0 Å². The Morgan fingerprint density at radius 2 is 2.00 bits per heavy atom. The van der Waals surface area contributed by atoms with E-state index in [2.05, 4.69) is 34.9 Å². The van der Waals surface area contributed by atoms with Crippen LogP contribution < -0.4 is 10.6 Å². The van der Waals surface area contributed by atoms with Crippen LogP contribution in [0.1, 0.15) is 32.3 Å². The summed E-state index contributed by atoms with van der Waals surface area (Å²) in [5.74, 6) is -0.476. The fraction of sp³-hybridized carbons (Fsp3) is 0.500. The Bertz CT molecular complexity index is 535. The number of hydrogen-bond donors (Lipinski definition) is 2. The molecule has 0 aliphatic carbocycles. The van der Waals surface area contributed by atoms with E-state index in [0.29, 0.717) is 16.7 Å². The van der Waals surface area contributed by atoms with Crippen molar-refractivity contribution in [2.75, 3.05) is 18.0 Å². The number of benzene rings is 1. The predicted octanol–water partition coefficient (Wildman–Crippen LogP) is 3.31. The molecule has 20 heavy (non-hydrogen) atoms. The molecule has 6 heteroatoms. The molecule has 0 radical (unpaired) electrons. The van der Waals surface area contributed by atoms with Gasteiger partial charge in [0.15, 0.2) is 11.7 Å². The maximum Gasteiger partial charge on any atom is 0.171 e. The average molecular weight is 344 g/mol. The highest BCUT2D eigenvalue weighted by Gasteiger charge is 2.27. The van der Waals surface area contributed by atoms with E-state index < -0.39 is 0 Å². The third kappa shape index (κ3) is 2.90. The Morgan fingerprint density at radius 1 is 1.40 bits per heavy atom. The molecule has 2 rings (SSSR count). The molecule has 0 saturated carbocycles. The molecular weight excluding hydrogens is 325 g/mol. The highest BCUT2D eigenvalue weighted by atomic mass is 79.9. The minimum absolute atomic E-state index is 0.109. The Morgan fingerprint density at radius 3 is 2.55 bits per heavy atom. The molecule has 1 aliphatic rings. The van der Waals surface area contributed by atoms with Crippen LogP contribution in [-0.2, 0) is 0 Å². The lowest BCUT2D eigenvalue weighted by Crippen LogP contribution is -2.37. The van der Waals surface area contributed by atoms with E-state index in [1.807, 2.05) is 4.90 Å². The monoisotopic (exact) mass is 343 g/mol. The first-order chi connectivity index (χ1) is 9.35. The van der Waals surface area contributed by atoms with Gasteiger partial charge in [0.2, 0.25) is 0 Å². The standard InChI is InChI=1S/C14H19BrFN3O/c1-14(2)5-7-19(8-6-14)10-4-3-9(13(17)18-20)11(15)12(10)16/h3-4,20H,5-8H2,1-2H3,(H2,17,18). The van der Waals surface area contributed by atoms with E-state index in [1.54, 1.807) is 12.1 Å². The fourth-order valence-electron chi connectivity index (χ4n) is 2.39. The summed E-state index contributed by atoms with van der Waals surface area (Å²) in [4.78, 5) is 2.04. The van der Waals surface area contributed by atoms with Crippen LogP contribution in [0.4, 0.5) is 10.1 Å². The smallest absolute Gasteiger partial charge is 0.171 e. The topological polar surface area (TPSA) is 61.8 Å². The van der Waals surface area contributed by atoms with Crippen LogP contribution in [0.15, 0.2) is 21.8 Å². The summed E-state index contributed by atoms with van der Waals surface area (Å²) in [6.07, 6.45) is 2.07. The van der Waals surface area contributed by atoms with Gasteiger partial charge in [-0.25, -0.2) is 4.39 Å². The van der Waals surface area contributed by atoms with Crippen molar-refractivity contribution in [2.45, 2.75) is 26.7 Å². The molecule has 1 aliphatic heterocycles. The van der Waals surface area contributed by atoms with Crippen molar-refractivity contribution < 1.29 is 9.60 Å². The summed E-state index contributed by atoms with van der Waals surface area (Å²) in [5.41, 5.74) is 6.75. The molecule has 3 N–H and O–H groups in total. The molecule has 1 aromatic carbocycles. The Balaban J connectivity index is 2.29. The highest BCUT2D eigenvalue weighted by molar-refractivity contribution is 9.10. The number of amidine groups is 1. The zero-order valence-electron chi connectivity index (χ0n) is 11.7. The summed E-state index contributed by atoms with van der Waals surface area (Å²) in [6.45, 7) is 6.13. The van der Waals surface area contributed by atoms with Crippen LogP contribution in [-0.4, -0.2) is 24.1 Å². The van der Waals surface area contributed by atoms with Crippen molar-refractivity contribution in [3.63, 3.8) is 0 Å². The number of hydrogen-bond acceptors (Lipinski definition) is 3. The highest BCUT2D eigenvalue weighted by Crippen LogP contribution is 2.35. The second kappa shape index (κ2) is 5.60. The Hall–Kier alpha value is -1.30. The first-order valence-corrected chi connectivity index (χ1v) is 7.36. The maximum atomic E-state index is 14.5. The molecule has 0 spiro atoms. The van der Waals surface area contributed by atoms with Crippen molar-refractivity contribution >= 4 is 27.5 Å². The van der Waals surface area contributed by atoms with E-state index in [4.69, 9.17) is 10.9 Å². The van der Waals surface area contributed by atoms with Crippen LogP contribution >= 0.6 is 15.9 Å². The lowest BCUT2D eigenvalue weighted by molar-refractivity contribution is 0.279. The molecule has 1 fully saturated rings. The van der Waals surface area contributed by atoms with Gasteiger partial charge in [-0.05, 0) is 46.3 Å². The maximum absolute atomic E-state index is 14.5. The van der Waals surface area contributed by atoms with Crippen LogP contribution in [0.5, 0.6) is 0 Å². The first kappa shape index (κ1) is 15.1. The summed E-state index contributed by atoms with van der Waals surface area (Å²) in [5, 5.41) is 11.6. The van der Waals surface area contributed by atoms with E-state index in [9.17, 15) is 4.39 Å². The Labute approximate surface area is 126 Å². The zero-order chi connectivity index (χ0) is 14.9. The SMILES string of the molecule is CC1(C)CCN(c2ccc(/C(N)=N/O)c(Br)c2F)CC1. The third-order valence-electron chi connectivity index (χ3n) is 3.90. The zero-order valence-corrected chi connectivity index (χ0v) is 13.2. The second-order valence-electron chi connectivity index (χ2n) is 5.90. The van der Waals surface area contributed by atoms with Gasteiger partial charge in [0.05, 0.1) is 10.2 Å². The largest absolute Gasteiger partial charge is 0.409 e. The molecule has 0 unspecified atom stereocenters. The first-order valence-electron chi connectivity index (χ1n) is 6.56. The number of anilines is 1. The number of piperidine rings is 1. The molecule has 1 heterocycles. The molecule has 4 nitrogen and oxygen atoms in total. The van der Waals surface area contributed by atoms with Crippen LogP contribution in [0.25, 0.3) is 0 Å². The van der Waals surface area contributed by atoms with Gasteiger partial charge in [-0.2, -0.15) is 0 Å². The molecule has 1 saturated heterocycles. The van der Waals surface area contributed by atoms with E-state index in [0.717, 1.165) is 25.9 Å². The molecule has 0 amide bonds. The normalized spacial score (nSPS) is 19.2. The molecule has 1 aromatic rings. The predicted molar refractivity (Wildman–Crippen MR) is 81.8 cm³/mol. The van der Waals surface area contributed by atoms with Crippen molar-refractivity contribution in [3.05, 3.63) is 28.0 Å². The van der Waals surface area contributed by atoms with Crippen molar-refractivity contribution in [1.29, 1.82) is 0 Å². The summed E-state index contributed by atoms with van der Waals surface area (Å²) < 4.78 is 14.7. The third-order valence-corrected chi connectivity index (χ3v) is 4.68. The van der Waals surface area contributed by atoms with Crippen LogP contribution in [0.3, 0.4) is 0 Å². The number of nitrogens with two attached hydrogens (primary N) is 1. The van der Waals surface area contributed by atoms with Gasteiger partial charge < -0.3 is 15.8 Å². The molecular formula is C14H19BrFN3O. The van der Waals surface area contributed by atoms with E-state index in [1.165, 1.54) is 0 Å². The van der Waals surface area contributed by atoms with Gasteiger partial charge in [0.1, 0.15) is 0 Å². The molecule has 0 atom stereocenters. The van der Waals surface area contributed by atoms with Gasteiger partial charge in [-0.3, -0.25) is 0 Å². The van der Waals surface area contributed by atoms with Gasteiger partial charge >= 0.3 is 0 Å². The van der Waals surface area contributed by atoms with Crippen LogP contribution in [0, 0.1) is 11.2 Å². The van der Waals surface area contributed by atoms with Gasteiger partial charge in [-0.15, -0.1) is 0 Å². The van der Waals surface area contributed by atoms with E-state index >= 15 is 0 Å². The van der Waals surface area contributed by atoms with Crippen molar-refractivity contribution in [1.82, 2.24) is 0 Å². The Kier molecular flexibility index (Phi) is 4.22. The summed E-state index contributed by atoms with van der Waals surface area (Å²) in [7, 11) is 0. The van der Waals surface area contributed by atoms with Gasteiger partial charge in [0, 0.05) is 18.7 Å². The fourth-order valence-corrected chi connectivity index (χ4v) is 2.93. The number of oxime groups is 1. The number of halogens is 2. The minimum Gasteiger partial charge on any atom is -0.409 e. The minimum atomic E-state index is -0.367. The quantitative estimate of drug-likeness (QED) is 0.375. The van der Waals surface area contributed by atoms with Gasteiger partial charge in [0.25, 0.3) is 0 Å².